The number of ether oxygens (including phenoxy) is 2. The third-order valence-electron chi connectivity index (χ3n) is 3.01. The number of benzene rings is 1. The maximum absolute atomic E-state index is 11.3. The molecule has 1 N–H and O–H groups in total. The minimum Gasteiger partial charge on any atom is -0.477 e. The zero-order valence-corrected chi connectivity index (χ0v) is 12.0. The highest BCUT2D eigenvalue weighted by molar-refractivity contribution is 5.71. The summed E-state index contributed by atoms with van der Waals surface area (Å²) in [4.78, 5) is 11.3. The fraction of sp³-hybridized carbons (Fsp3) is 0.235. The van der Waals surface area contributed by atoms with Crippen molar-refractivity contribution in [2.24, 2.45) is 0 Å². The molecule has 0 radical (unpaired) electrons. The van der Waals surface area contributed by atoms with Gasteiger partial charge in [-0.15, -0.1) is 0 Å². The SMILES string of the molecule is CC(C)=C1C=CC=CC1OC(Oc1ccccc1)C(=O)O. The van der Waals surface area contributed by atoms with Gasteiger partial charge in [0.05, 0.1) is 0 Å². The first-order valence-corrected chi connectivity index (χ1v) is 6.70. The summed E-state index contributed by atoms with van der Waals surface area (Å²) in [5.41, 5.74) is 2.02. The van der Waals surface area contributed by atoms with E-state index in [1.54, 1.807) is 24.3 Å². The number of hydrogen-bond donors (Lipinski definition) is 1. The van der Waals surface area contributed by atoms with Crippen molar-refractivity contribution < 1.29 is 19.4 Å². The Morgan fingerprint density at radius 3 is 2.52 bits per heavy atom. The highest BCUT2D eigenvalue weighted by Gasteiger charge is 2.26. The van der Waals surface area contributed by atoms with E-state index in [4.69, 9.17) is 9.47 Å². The Hall–Kier alpha value is -2.33. The maximum Gasteiger partial charge on any atom is 0.373 e. The van der Waals surface area contributed by atoms with Gasteiger partial charge < -0.3 is 14.6 Å². The van der Waals surface area contributed by atoms with Crippen molar-refractivity contribution in [2.45, 2.75) is 26.2 Å². The van der Waals surface area contributed by atoms with Crippen molar-refractivity contribution in [1.29, 1.82) is 0 Å². The number of para-hydroxylation sites is 1. The highest BCUT2D eigenvalue weighted by Crippen LogP contribution is 2.22. The molecule has 1 aromatic rings. The summed E-state index contributed by atoms with van der Waals surface area (Å²) in [7, 11) is 0. The van der Waals surface area contributed by atoms with Gasteiger partial charge in [0, 0.05) is 0 Å². The van der Waals surface area contributed by atoms with Crippen LogP contribution in [0, 0.1) is 0 Å². The first-order valence-electron chi connectivity index (χ1n) is 6.70. The number of carboxylic acids is 1. The molecular weight excluding hydrogens is 268 g/mol. The van der Waals surface area contributed by atoms with Crippen molar-refractivity contribution in [3.8, 4) is 5.75 Å². The topological polar surface area (TPSA) is 55.8 Å². The Kier molecular flexibility index (Phi) is 4.95. The maximum atomic E-state index is 11.3. The number of rotatable bonds is 5. The molecule has 0 aliphatic heterocycles. The lowest BCUT2D eigenvalue weighted by Crippen LogP contribution is -2.34. The molecule has 2 unspecified atom stereocenters. The minimum absolute atomic E-state index is 0.426. The Balaban J connectivity index is 2.13. The fourth-order valence-corrected chi connectivity index (χ4v) is 1.98. The molecular formula is C17H18O4. The van der Waals surface area contributed by atoms with E-state index in [1.165, 1.54) is 0 Å². The van der Waals surface area contributed by atoms with E-state index in [0.29, 0.717) is 5.75 Å². The Morgan fingerprint density at radius 1 is 1.19 bits per heavy atom. The second kappa shape index (κ2) is 6.90. The normalized spacial score (nSPS) is 18.4. The molecule has 2 rings (SSSR count). The molecule has 0 saturated heterocycles. The summed E-state index contributed by atoms with van der Waals surface area (Å²) in [6.45, 7) is 3.92. The van der Waals surface area contributed by atoms with Crippen molar-refractivity contribution in [1.82, 2.24) is 0 Å². The second-order valence-corrected chi connectivity index (χ2v) is 4.86. The predicted molar refractivity (Wildman–Crippen MR) is 80.0 cm³/mol. The van der Waals surface area contributed by atoms with Crippen LogP contribution in [0.15, 0.2) is 65.8 Å². The molecule has 0 heterocycles. The van der Waals surface area contributed by atoms with Gasteiger partial charge in [0.25, 0.3) is 6.29 Å². The molecule has 0 saturated carbocycles. The standard InChI is InChI=1S/C17H18O4/c1-12(2)14-10-6-7-11-15(14)21-17(16(18)19)20-13-8-4-3-5-9-13/h3-11,15,17H,1-2H3,(H,18,19). The summed E-state index contributed by atoms with van der Waals surface area (Å²) in [6, 6.07) is 8.77. The molecule has 1 aliphatic carbocycles. The van der Waals surface area contributed by atoms with Crippen molar-refractivity contribution in [3.05, 3.63) is 65.8 Å². The van der Waals surface area contributed by atoms with Crippen LogP contribution < -0.4 is 4.74 Å². The average Bonchev–Trinajstić information content (AvgIpc) is 2.48. The number of carbonyl (C=O) groups is 1. The van der Waals surface area contributed by atoms with Gasteiger partial charge >= 0.3 is 5.97 Å². The number of allylic oxidation sites excluding steroid dienone is 3. The quantitative estimate of drug-likeness (QED) is 0.844. The summed E-state index contributed by atoms with van der Waals surface area (Å²) >= 11 is 0. The summed E-state index contributed by atoms with van der Waals surface area (Å²) < 4.78 is 11.0. The van der Waals surface area contributed by atoms with Gasteiger partial charge in [0.2, 0.25) is 0 Å². The third kappa shape index (κ3) is 4.07. The summed E-state index contributed by atoms with van der Waals surface area (Å²) in [5.74, 6) is -0.700. The Labute approximate surface area is 124 Å². The predicted octanol–water partition coefficient (Wildman–Crippen LogP) is 3.32. The van der Waals surface area contributed by atoms with Gasteiger partial charge in [-0.05, 0) is 31.6 Å². The molecule has 1 aromatic carbocycles. The van der Waals surface area contributed by atoms with Gasteiger partial charge in [0.15, 0.2) is 0 Å². The molecule has 0 amide bonds. The smallest absolute Gasteiger partial charge is 0.373 e. The third-order valence-corrected chi connectivity index (χ3v) is 3.01. The fourth-order valence-electron chi connectivity index (χ4n) is 1.98. The largest absolute Gasteiger partial charge is 0.477 e. The van der Waals surface area contributed by atoms with Crippen LogP contribution in [0.3, 0.4) is 0 Å². The van der Waals surface area contributed by atoms with Gasteiger partial charge in [0.1, 0.15) is 11.9 Å². The second-order valence-electron chi connectivity index (χ2n) is 4.86. The average molecular weight is 286 g/mol. The van der Waals surface area contributed by atoms with Gasteiger partial charge in [-0.25, -0.2) is 4.79 Å². The van der Waals surface area contributed by atoms with Crippen LogP contribution in [-0.2, 0) is 9.53 Å². The van der Waals surface area contributed by atoms with Gasteiger partial charge in [-0.3, -0.25) is 0 Å². The Morgan fingerprint density at radius 2 is 1.90 bits per heavy atom. The van der Waals surface area contributed by atoms with Crippen LogP contribution in [0.2, 0.25) is 0 Å². The summed E-state index contributed by atoms with van der Waals surface area (Å²) in [6.07, 6.45) is 5.68. The molecule has 1 aliphatic rings. The van der Waals surface area contributed by atoms with Crippen LogP contribution in [0.4, 0.5) is 0 Å². The van der Waals surface area contributed by atoms with E-state index in [9.17, 15) is 9.90 Å². The number of carboxylic acid groups (broad SMARTS) is 1. The molecule has 21 heavy (non-hydrogen) atoms. The molecule has 4 nitrogen and oxygen atoms in total. The lowest BCUT2D eigenvalue weighted by Gasteiger charge is -2.24. The summed E-state index contributed by atoms with van der Waals surface area (Å²) in [5, 5.41) is 9.28. The first-order chi connectivity index (χ1) is 10.1. The van der Waals surface area contributed by atoms with Crippen LogP contribution in [0.5, 0.6) is 5.75 Å². The van der Waals surface area contributed by atoms with Crippen molar-refractivity contribution in [3.63, 3.8) is 0 Å². The van der Waals surface area contributed by atoms with Crippen molar-refractivity contribution >= 4 is 5.97 Å². The van der Waals surface area contributed by atoms with Crippen LogP contribution in [0.1, 0.15) is 13.8 Å². The minimum atomic E-state index is -1.36. The van der Waals surface area contributed by atoms with Gasteiger partial charge in [-0.1, -0.05) is 48.1 Å². The highest BCUT2D eigenvalue weighted by atomic mass is 16.7. The monoisotopic (exact) mass is 286 g/mol. The van der Waals surface area contributed by atoms with Crippen LogP contribution >= 0.6 is 0 Å². The molecule has 0 aromatic heterocycles. The van der Waals surface area contributed by atoms with Crippen LogP contribution in [-0.4, -0.2) is 23.5 Å². The van der Waals surface area contributed by atoms with E-state index >= 15 is 0 Å². The number of aliphatic carboxylic acids is 1. The number of hydrogen-bond acceptors (Lipinski definition) is 3. The first kappa shape index (κ1) is 15.1. The molecule has 2 atom stereocenters. The Bertz CT molecular complexity index is 580. The molecule has 0 spiro atoms. The molecule has 0 fully saturated rings. The van der Waals surface area contributed by atoms with E-state index in [2.05, 4.69) is 0 Å². The van der Waals surface area contributed by atoms with Gasteiger partial charge in [-0.2, -0.15) is 0 Å². The lowest BCUT2D eigenvalue weighted by atomic mass is 10.0. The molecule has 0 bridgehead atoms. The van der Waals surface area contributed by atoms with E-state index in [1.807, 2.05) is 44.2 Å². The van der Waals surface area contributed by atoms with Crippen molar-refractivity contribution in [2.75, 3.05) is 0 Å². The van der Waals surface area contributed by atoms with E-state index in [-0.39, 0.29) is 0 Å². The molecule has 4 heteroatoms. The van der Waals surface area contributed by atoms with E-state index < -0.39 is 18.4 Å². The zero-order valence-electron chi connectivity index (χ0n) is 12.0. The lowest BCUT2D eigenvalue weighted by molar-refractivity contribution is -0.173. The van der Waals surface area contributed by atoms with Crippen LogP contribution in [0.25, 0.3) is 0 Å². The zero-order chi connectivity index (χ0) is 15.2. The molecule has 110 valence electrons. The van der Waals surface area contributed by atoms with E-state index in [0.717, 1.165) is 11.1 Å².